The average molecular weight is 447 g/mol. The van der Waals surface area contributed by atoms with E-state index < -0.39 is 0 Å². The third kappa shape index (κ3) is 3.71. The van der Waals surface area contributed by atoms with E-state index in [0.717, 1.165) is 15.6 Å². The van der Waals surface area contributed by atoms with Crippen LogP contribution in [0.2, 0.25) is 5.02 Å². The molecule has 0 unspecified atom stereocenters. The Kier molecular flexibility index (Phi) is 5.00. The molecule has 0 saturated carbocycles. The fourth-order valence-electron chi connectivity index (χ4n) is 3.49. The van der Waals surface area contributed by atoms with Crippen molar-refractivity contribution in [1.82, 2.24) is 4.98 Å². The van der Waals surface area contributed by atoms with Gasteiger partial charge in [-0.1, -0.05) is 55.8 Å². The maximum atomic E-state index is 12.8. The zero-order valence-corrected chi connectivity index (χ0v) is 18.6. The first-order valence-electron chi connectivity index (χ1n) is 9.99. The molecule has 0 atom stereocenters. The number of carbonyl (C=O) groups excluding carboxylic acids is 1. The highest BCUT2D eigenvalue weighted by molar-refractivity contribution is 7.21. The molecule has 31 heavy (non-hydrogen) atoms. The summed E-state index contributed by atoms with van der Waals surface area (Å²) in [6.07, 6.45) is 0. The standard InChI is InChI=1S/C25H19ClN2O2S/c1-14(2)15-7-9-16(10-8-15)25-28-19-13-17(11-12-20(19)30-25)27-24(29)23-22(26)18-5-3-4-6-21(18)31-23/h3-14H,1-2H3,(H,27,29). The van der Waals surface area contributed by atoms with E-state index in [1.54, 1.807) is 6.07 Å². The first-order valence-corrected chi connectivity index (χ1v) is 11.2. The van der Waals surface area contributed by atoms with Crippen LogP contribution < -0.4 is 5.32 Å². The molecule has 1 N–H and O–H groups in total. The van der Waals surface area contributed by atoms with Gasteiger partial charge in [0.1, 0.15) is 10.4 Å². The lowest BCUT2D eigenvalue weighted by Gasteiger charge is -2.04. The van der Waals surface area contributed by atoms with Gasteiger partial charge in [0.15, 0.2) is 5.58 Å². The highest BCUT2D eigenvalue weighted by atomic mass is 35.5. The molecule has 0 fully saturated rings. The third-order valence-electron chi connectivity index (χ3n) is 5.21. The van der Waals surface area contributed by atoms with Crippen molar-refractivity contribution in [3.05, 3.63) is 82.2 Å². The molecule has 0 radical (unpaired) electrons. The molecule has 0 aliphatic heterocycles. The van der Waals surface area contributed by atoms with Crippen molar-refractivity contribution in [2.45, 2.75) is 19.8 Å². The van der Waals surface area contributed by atoms with Crippen LogP contribution in [0.4, 0.5) is 5.69 Å². The summed E-state index contributed by atoms with van der Waals surface area (Å²) in [6.45, 7) is 4.33. The van der Waals surface area contributed by atoms with Crippen LogP contribution in [0.1, 0.15) is 35.0 Å². The number of benzene rings is 3. The van der Waals surface area contributed by atoms with Crippen molar-refractivity contribution in [2.75, 3.05) is 5.32 Å². The Hall–Kier alpha value is -3.15. The lowest BCUT2D eigenvalue weighted by molar-refractivity contribution is 0.103. The largest absolute Gasteiger partial charge is 0.436 e. The Balaban J connectivity index is 1.42. The second-order valence-electron chi connectivity index (χ2n) is 7.67. The molecule has 3 aromatic carbocycles. The predicted molar refractivity (Wildman–Crippen MR) is 128 cm³/mol. The summed E-state index contributed by atoms with van der Waals surface area (Å²) >= 11 is 7.82. The predicted octanol–water partition coefficient (Wildman–Crippen LogP) is 7.74. The van der Waals surface area contributed by atoms with E-state index in [1.165, 1.54) is 16.9 Å². The highest BCUT2D eigenvalue weighted by Gasteiger charge is 2.18. The van der Waals surface area contributed by atoms with Crippen molar-refractivity contribution in [3.8, 4) is 11.5 Å². The molecule has 2 heterocycles. The molecule has 0 saturated heterocycles. The number of aromatic nitrogens is 1. The molecular formula is C25H19ClN2O2S. The van der Waals surface area contributed by atoms with Gasteiger partial charge in [0.2, 0.25) is 5.89 Å². The van der Waals surface area contributed by atoms with Gasteiger partial charge in [0, 0.05) is 21.3 Å². The number of anilines is 1. The number of hydrogen-bond donors (Lipinski definition) is 1. The number of nitrogens with one attached hydrogen (secondary N) is 1. The number of halogens is 1. The number of amides is 1. The van der Waals surface area contributed by atoms with Gasteiger partial charge in [0.25, 0.3) is 5.91 Å². The van der Waals surface area contributed by atoms with Crippen molar-refractivity contribution < 1.29 is 9.21 Å². The Labute approximate surface area is 188 Å². The minimum absolute atomic E-state index is 0.237. The lowest BCUT2D eigenvalue weighted by atomic mass is 10.0. The van der Waals surface area contributed by atoms with E-state index in [9.17, 15) is 4.79 Å². The maximum Gasteiger partial charge on any atom is 0.267 e. The van der Waals surface area contributed by atoms with Crippen LogP contribution in [-0.2, 0) is 0 Å². The average Bonchev–Trinajstić information content (AvgIpc) is 3.35. The van der Waals surface area contributed by atoms with Crippen molar-refractivity contribution in [2.24, 2.45) is 0 Å². The van der Waals surface area contributed by atoms with Crippen molar-refractivity contribution in [1.29, 1.82) is 0 Å². The van der Waals surface area contributed by atoms with Crippen LogP contribution in [0.3, 0.4) is 0 Å². The summed E-state index contributed by atoms with van der Waals surface area (Å²) in [5.41, 5.74) is 4.18. The number of carbonyl (C=O) groups is 1. The lowest BCUT2D eigenvalue weighted by Crippen LogP contribution is -2.10. The number of rotatable bonds is 4. The van der Waals surface area contributed by atoms with Gasteiger partial charge in [-0.05, 0) is 47.9 Å². The van der Waals surface area contributed by atoms with Gasteiger partial charge in [-0.25, -0.2) is 4.98 Å². The fraction of sp³-hybridized carbons (Fsp3) is 0.120. The minimum Gasteiger partial charge on any atom is -0.436 e. The molecule has 5 rings (SSSR count). The SMILES string of the molecule is CC(C)c1ccc(-c2nc3cc(NC(=O)c4sc5ccccc5c4Cl)ccc3o2)cc1. The Morgan fingerprint density at radius 3 is 2.58 bits per heavy atom. The molecule has 0 spiro atoms. The molecule has 4 nitrogen and oxygen atoms in total. The fourth-order valence-corrected chi connectivity index (χ4v) is 4.90. The monoisotopic (exact) mass is 446 g/mol. The van der Waals surface area contributed by atoms with Crippen LogP contribution >= 0.6 is 22.9 Å². The second kappa shape index (κ2) is 7.84. The van der Waals surface area contributed by atoms with E-state index in [1.807, 2.05) is 48.5 Å². The Morgan fingerprint density at radius 2 is 1.84 bits per heavy atom. The van der Waals surface area contributed by atoms with Gasteiger partial charge in [-0.3, -0.25) is 4.79 Å². The number of nitrogens with zero attached hydrogens (tertiary/aromatic N) is 1. The van der Waals surface area contributed by atoms with Gasteiger partial charge in [-0.15, -0.1) is 11.3 Å². The molecule has 154 valence electrons. The molecule has 2 aromatic heterocycles. The maximum absolute atomic E-state index is 12.8. The zero-order valence-electron chi connectivity index (χ0n) is 17.0. The molecule has 0 aliphatic carbocycles. The molecule has 5 aromatic rings. The van der Waals surface area contributed by atoms with E-state index in [-0.39, 0.29) is 5.91 Å². The topological polar surface area (TPSA) is 55.1 Å². The van der Waals surface area contributed by atoms with Crippen molar-refractivity contribution >= 4 is 55.7 Å². The van der Waals surface area contributed by atoms with Gasteiger partial charge < -0.3 is 9.73 Å². The highest BCUT2D eigenvalue weighted by Crippen LogP contribution is 2.36. The van der Waals surface area contributed by atoms with Gasteiger partial charge in [0.05, 0.1) is 5.02 Å². The summed E-state index contributed by atoms with van der Waals surface area (Å²) in [4.78, 5) is 17.9. The quantitative estimate of drug-likeness (QED) is 0.307. The second-order valence-corrected chi connectivity index (χ2v) is 9.10. The van der Waals surface area contributed by atoms with Crippen LogP contribution in [0.25, 0.3) is 32.6 Å². The summed E-state index contributed by atoms with van der Waals surface area (Å²) in [6, 6.07) is 21.4. The van der Waals surface area contributed by atoms with E-state index in [0.29, 0.717) is 38.5 Å². The number of hydrogen-bond acceptors (Lipinski definition) is 4. The Morgan fingerprint density at radius 1 is 1.06 bits per heavy atom. The first kappa shape index (κ1) is 19.8. The molecule has 6 heteroatoms. The normalized spacial score (nSPS) is 11.5. The smallest absolute Gasteiger partial charge is 0.267 e. The van der Waals surface area contributed by atoms with Crippen LogP contribution in [-0.4, -0.2) is 10.9 Å². The van der Waals surface area contributed by atoms with Crippen LogP contribution in [0.5, 0.6) is 0 Å². The molecule has 1 amide bonds. The van der Waals surface area contributed by atoms with E-state index >= 15 is 0 Å². The van der Waals surface area contributed by atoms with Crippen molar-refractivity contribution in [3.63, 3.8) is 0 Å². The van der Waals surface area contributed by atoms with Crippen LogP contribution in [0.15, 0.2) is 71.1 Å². The van der Waals surface area contributed by atoms with Gasteiger partial charge >= 0.3 is 0 Å². The summed E-state index contributed by atoms with van der Waals surface area (Å²) in [5, 5.41) is 4.29. The third-order valence-corrected chi connectivity index (χ3v) is 6.89. The summed E-state index contributed by atoms with van der Waals surface area (Å²) < 4.78 is 6.90. The van der Waals surface area contributed by atoms with Crippen LogP contribution in [0, 0.1) is 0 Å². The first-order chi connectivity index (χ1) is 15.0. The summed E-state index contributed by atoms with van der Waals surface area (Å²) in [5.74, 6) is 0.790. The van der Waals surface area contributed by atoms with E-state index in [2.05, 4.69) is 36.3 Å². The Bertz CT molecular complexity index is 1420. The number of fused-ring (bicyclic) bond motifs is 2. The molecule has 0 bridgehead atoms. The zero-order chi connectivity index (χ0) is 21.5. The summed E-state index contributed by atoms with van der Waals surface area (Å²) in [7, 11) is 0. The molecular weight excluding hydrogens is 428 g/mol. The molecule has 0 aliphatic rings. The van der Waals surface area contributed by atoms with E-state index in [4.69, 9.17) is 16.0 Å². The minimum atomic E-state index is -0.237. The number of oxazole rings is 1. The van der Waals surface area contributed by atoms with Gasteiger partial charge in [-0.2, -0.15) is 0 Å². The number of thiophene rings is 1.